The number of carbonyl (C=O) groups excluding carboxylic acids is 1. The highest BCUT2D eigenvalue weighted by molar-refractivity contribution is 5.86. The van der Waals surface area contributed by atoms with Crippen LogP contribution in [-0.2, 0) is 4.79 Å². The number of nitrogens with two attached hydrogens (primary N) is 1. The van der Waals surface area contributed by atoms with Crippen molar-refractivity contribution in [1.82, 2.24) is 5.32 Å². The van der Waals surface area contributed by atoms with E-state index in [1.807, 2.05) is 0 Å². The van der Waals surface area contributed by atoms with Gasteiger partial charge in [-0.1, -0.05) is 31.4 Å². The van der Waals surface area contributed by atoms with Gasteiger partial charge in [-0.2, -0.15) is 0 Å². The molecule has 1 saturated carbocycles. The number of nitrogens with one attached hydrogen (secondary N) is 1. The van der Waals surface area contributed by atoms with Gasteiger partial charge in [0.15, 0.2) is 0 Å². The van der Waals surface area contributed by atoms with Gasteiger partial charge in [0.2, 0.25) is 5.91 Å². The number of amides is 1. The number of carbonyl (C=O) groups is 1. The molecule has 1 aliphatic carbocycles. The lowest BCUT2D eigenvalue weighted by Crippen LogP contribution is -2.55. The van der Waals surface area contributed by atoms with E-state index >= 15 is 0 Å². The summed E-state index contributed by atoms with van der Waals surface area (Å²) in [6.07, 6.45) is 3.44. The standard InChI is InChI=1S/C15H21FN2O2/c16-12-6-4-5-11(9-12)13(19)10-18-14(20)15(17)7-2-1-3-8-15/h4-6,9,13,19H,1-3,7-8,10,17H2,(H,18,20). The fourth-order valence-corrected chi connectivity index (χ4v) is 2.61. The average Bonchev–Trinajstić information content (AvgIpc) is 2.45. The molecule has 4 N–H and O–H groups in total. The van der Waals surface area contributed by atoms with Gasteiger partial charge in [0, 0.05) is 6.54 Å². The van der Waals surface area contributed by atoms with Crippen molar-refractivity contribution in [2.24, 2.45) is 5.73 Å². The zero-order valence-electron chi connectivity index (χ0n) is 11.4. The Morgan fingerprint density at radius 2 is 2.10 bits per heavy atom. The number of rotatable bonds is 4. The first-order valence-corrected chi connectivity index (χ1v) is 7.02. The van der Waals surface area contributed by atoms with Crippen LogP contribution in [0.4, 0.5) is 4.39 Å². The molecule has 0 heterocycles. The first kappa shape index (κ1) is 14.9. The van der Waals surface area contributed by atoms with Gasteiger partial charge < -0.3 is 16.2 Å². The summed E-state index contributed by atoms with van der Waals surface area (Å²) in [6, 6.07) is 5.72. The van der Waals surface area contributed by atoms with Gasteiger partial charge in [-0.3, -0.25) is 4.79 Å². The molecule has 1 amide bonds. The number of benzene rings is 1. The molecular weight excluding hydrogens is 259 g/mol. The maximum absolute atomic E-state index is 13.1. The third-order valence-electron chi connectivity index (χ3n) is 3.89. The van der Waals surface area contributed by atoms with E-state index in [1.54, 1.807) is 6.07 Å². The summed E-state index contributed by atoms with van der Waals surface area (Å²) in [5, 5.41) is 12.6. The lowest BCUT2D eigenvalue weighted by Gasteiger charge is -2.32. The Kier molecular flexibility index (Phi) is 4.73. The van der Waals surface area contributed by atoms with Gasteiger partial charge in [0.25, 0.3) is 0 Å². The minimum Gasteiger partial charge on any atom is -0.387 e. The van der Waals surface area contributed by atoms with E-state index in [1.165, 1.54) is 18.2 Å². The Bertz CT molecular complexity index is 473. The molecule has 0 bridgehead atoms. The summed E-state index contributed by atoms with van der Waals surface area (Å²) in [6.45, 7) is 0.0429. The fourth-order valence-electron chi connectivity index (χ4n) is 2.61. The van der Waals surface area contributed by atoms with Gasteiger partial charge in [-0.05, 0) is 30.5 Å². The predicted octanol–water partition coefficient (Wildman–Crippen LogP) is 1.64. The van der Waals surface area contributed by atoms with Crippen molar-refractivity contribution in [2.45, 2.75) is 43.7 Å². The number of halogens is 1. The molecule has 110 valence electrons. The van der Waals surface area contributed by atoms with Crippen molar-refractivity contribution < 1.29 is 14.3 Å². The van der Waals surface area contributed by atoms with E-state index in [2.05, 4.69) is 5.32 Å². The second-order valence-electron chi connectivity index (χ2n) is 5.50. The van der Waals surface area contributed by atoms with Gasteiger partial charge in [-0.15, -0.1) is 0 Å². The van der Waals surface area contributed by atoms with Crippen molar-refractivity contribution >= 4 is 5.91 Å². The molecule has 1 atom stereocenters. The number of hydrogen-bond acceptors (Lipinski definition) is 3. The normalized spacial score (nSPS) is 19.4. The van der Waals surface area contributed by atoms with Crippen LogP contribution in [0.25, 0.3) is 0 Å². The third-order valence-corrected chi connectivity index (χ3v) is 3.89. The van der Waals surface area contributed by atoms with Crippen LogP contribution >= 0.6 is 0 Å². The van der Waals surface area contributed by atoms with Gasteiger partial charge in [0.1, 0.15) is 5.82 Å². The summed E-state index contributed by atoms with van der Waals surface area (Å²) < 4.78 is 13.1. The molecule has 2 rings (SSSR count). The van der Waals surface area contributed by atoms with Crippen LogP contribution in [0.2, 0.25) is 0 Å². The first-order valence-electron chi connectivity index (χ1n) is 7.02. The van der Waals surface area contributed by atoms with Gasteiger partial charge in [-0.25, -0.2) is 4.39 Å². The minimum atomic E-state index is -0.929. The molecule has 1 aromatic rings. The molecule has 1 unspecified atom stereocenters. The molecule has 1 aliphatic rings. The highest BCUT2D eigenvalue weighted by atomic mass is 19.1. The molecule has 4 nitrogen and oxygen atoms in total. The molecule has 0 aliphatic heterocycles. The molecule has 5 heteroatoms. The summed E-state index contributed by atoms with van der Waals surface area (Å²) in [4.78, 5) is 12.1. The Morgan fingerprint density at radius 1 is 1.40 bits per heavy atom. The van der Waals surface area contributed by atoms with Crippen molar-refractivity contribution in [1.29, 1.82) is 0 Å². The lowest BCUT2D eigenvalue weighted by molar-refractivity contribution is -0.128. The van der Waals surface area contributed by atoms with Crippen LogP contribution in [0, 0.1) is 5.82 Å². The Labute approximate surface area is 118 Å². The zero-order valence-corrected chi connectivity index (χ0v) is 11.4. The van der Waals surface area contributed by atoms with Crippen molar-refractivity contribution in [3.05, 3.63) is 35.6 Å². The molecule has 0 spiro atoms. The van der Waals surface area contributed by atoms with Crippen LogP contribution < -0.4 is 11.1 Å². The van der Waals surface area contributed by atoms with Gasteiger partial charge >= 0.3 is 0 Å². The number of aliphatic hydroxyl groups excluding tert-OH is 1. The topological polar surface area (TPSA) is 75.4 Å². The molecule has 0 saturated heterocycles. The smallest absolute Gasteiger partial charge is 0.240 e. The van der Waals surface area contributed by atoms with E-state index in [9.17, 15) is 14.3 Å². The Morgan fingerprint density at radius 3 is 2.75 bits per heavy atom. The van der Waals surface area contributed by atoms with E-state index < -0.39 is 17.5 Å². The number of aliphatic hydroxyl groups is 1. The summed E-state index contributed by atoms with van der Waals surface area (Å²) in [5.41, 5.74) is 5.72. The van der Waals surface area contributed by atoms with Crippen LogP contribution in [0.15, 0.2) is 24.3 Å². The molecule has 0 radical (unpaired) electrons. The SMILES string of the molecule is NC1(C(=O)NCC(O)c2cccc(F)c2)CCCCC1. The molecule has 20 heavy (non-hydrogen) atoms. The lowest BCUT2D eigenvalue weighted by atomic mass is 9.82. The van der Waals surface area contributed by atoms with E-state index in [-0.39, 0.29) is 12.5 Å². The summed E-state index contributed by atoms with van der Waals surface area (Å²) in [5.74, 6) is -0.636. The Hall–Kier alpha value is -1.46. The largest absolute Gasteiger partial charge is 0.387 e. The average molecular weight is 280 g/mol. The van der Waals surface area contributed by atoms with Crippen molar-refractivity contribution in [2.75, 3.05) is 6.54 Å². The van der Waals surface area contributed by atoms with Crippen molar-refractivity contribution in [3.8, 4) is 0 Å². The molecule has 1 aromatic carbocycles. The monoisotopic (exact) mass is 280 g/mol. The van der Waals surface area contributed by atoms with E-state index in [0.29, 0.717) is 18.4 Å². The van der Waals surface area contributed by atoms with E-state index in [4.69, 9.17) is 5.73 Å². The fraction of sp³-hybridized carbons (Fsp3) is 0.533. The quantitative estimate of drug-likeness (QED) is 0.784. The highest BCUT2D eigenvalue weighted by Gasteiger charge is 2.35. The maximum atomic E-state index is 13.1. The number of hydrogen-bond donors (Lipinski definition) is 3. The highest BCUT2D eigenvalue weighted by Crippen LogP contribution is 2.26. The third kappa shape index (κ3) is 3.55. The zero-order chi connectivity index (χ0) is 14.6. The van der Waals surface area contributed by atoms with Gasteiger partial charge in [0.05, 0.1) is 11.6 Å². The van der Waals surface area contributed by atoms with Crippen LogP contribution in [0.5, 0.6) is 0 Å². The van der Waals surface area contributed by atoms with Crippen LogP contribution in [0.3, 0.4) is 0 Å². The molecule has 1 fully saturated rings. The predicted molar refractivity (Wildman–Crippen MR) is 74.4 cm³/mol. The van der Waals surface area contributed by atoms with Crippen molar-refractivity contribution in [3.63, 3.8) is 0 Å². The second-order valence-corrected chi connectivity index (χ2v) is 5.50. The Balaban J connectivity index is 1.89. The first-order chi connectivity index (χ1) is 9.51. The minimum absolute atomic E-state index is 0.0429. The summed E-state index contributed by atoms with van der Waals surface area (Å²) >= 11 is 0. The molecule has 0 aromatic heterocycles. The second kappa shape index (κ2) is 6.33. The van der Waals surface area contributed by atoms with E-state index in [0.717, 1.165) is 19.3 Å². The summed E-state index contributed by atoms with van der Waals surface area (Å²) in [7, 11) is 0. The molecular formula is C15H21FN2O2. The maximum Gasteiger partial charge on any atom is 0.240 e. The van der Waals surface area contributed by atoms with Crippen LogP contribution in [0.1, 0.15) is 43.8 Å². The van der Waals surface area contributed by atoms with Crippen LogP contribution in [-0.4, -0.2) is 23.1 Å².